The molecule has 0 aromatic heterocycles. The number of hydrogen-bond donors (Lipinski definition) is 1. The highest BCUT2D eigenvalue weighted by molar-refractivity contribution is 7.52. The lowest BCUT2D eigenvalue weighted by atomic mass is 10.1. The maximum absolute atomic E-state index is 14.1. The van der Waals surface area contributed by atoms with Gasteiger partial charge in [-0.1, -0.05) is 32.0 Å². The van der Waals surface area contributed by atoms with Crippen molar-refractivity contribution in [1.29, 1.82) is 0 Å². The molecule has 2 aromatic carbocycles. The van der Waals surface area contributed by atoms with Gasteiger partial charge in [0.25, 0.3) is 0 Å². The van der Waals surface area contributed by atoms with Crippen LogP contribution in [0.1, 0.15) is 20.3 Å². The zero-order valence-electron chi connectivity index (χ0n) is 16.6. The summed E-state index contributed by atoms with van der Waals surface area (Å²) in [6.45, 7) is 3.43. The summed E-state index contributed by atoms with van der Waals surface area (Å²) >= 11 is 0. The van der Waals surface area contributed by atoms with Gasteiger partial charge in [-0.3, -0.25) is 4.79 Å². The van der Waals surface area contributed by atoms with Gasteiger partial charge in [0.2, 0.25) is 34.8 Å². The van der Waals surface area contributed by atoms with E-state index in [2.05, 4.69) is 9.82 Å². The summed E-state index contributed by atoms with van der Waals surface area (Å²) in [5, 5.41) is 2.18. The van der Waals surface area contributed by atoms with Crippen molar-refractivity contribution < 1.29 is 45.1 Å². The minimum atomic E-state index is -4.94. The summed E-state index contributed by atoms with van der Waals surface area (Å²) in [5.74, 6) is -14.7. The van der Waals surface area contributed by atoms with Gasteiger partial charge in [-0.05, 0) is 24.5 Å². The summed E-state index contributed by atoms with van der Waals surface area (Å²) in [6.07, 6.45) is 0.0231. The number of nitrogens with one attached hydrogen (secondary N) is 1. The van der Waals surface area contributed by atoms with Crippen molar-refractivity contribution in [2.45, 2.75) is 26.3 Å². The highest BCUT2D eigenvalue weighted by Gasteiger charge is 2.39. The van der Waals surface area contributed by atoms with E-state index in [4.69, 9.17) is 9.05 Å². The van der Waals surface area contributed by atoms with E-state index in [0.717, 1.165) is 7.11 Å². The Hall–Kier alpha value is -2.65. The number of para-hydroxylation sites is 1. The predicted molar refractivity (Wildman–Crippen MR) is 99.9 cm³/mol. The number of benzene rings is 2. The summed E-state index contributed by atoms with van der Waals surface area (Å²) in [7, 11) is -3.89. The molecule has 0 spiro atoms. The smallest absolute Gasteiger partial charge is 0.468 e. The van der Waals surface area contributed by atoms with Crippen LogP contribution in [0.5, 0.6) is 11.5 Å². The number of methoxy groups -OCH3 is 1. The van der Waals surface area contributed by atoms with Crippen LogP contribution in [0.4, 0.5) is 22.0 Å². The van der Waals surface area contributed by atoms with Crippen molar-refractivity contribution in [2.24, 2.45) is 5.92 Å². The van der Waals surface area contributed by atoms with E-state index in [-0.39, 0.29) is 18.1 Å². The van der Waals surface area contributed by atoms with E-state index in [1.165, 1.54) is 24.3 Å². The lowest BCUT2D eigenvalue weighted by Crippen LogP contribution is -2.39. The van der Waals surface area contributed by atoms with E-state index >= 15 is 0 Å². The largest absolute Gasteiger partial charge is 0.513 e. The van der Waals surface area contributed by atoms with Gasteiger partial charge in [0, 0.05) is 0 Å². The van der Waals surface area contributed by atoms with Crippen LogP contribution in [0.2, 0.25) is 0 Å². The molecule has 0 unspecified atom stereocenters. The van der Waals surface area contributed by atoms with Crippen molar-refractivity contribution in [3.63, 3.8) is 0 Å². The monoisotopic (exact) mass is 467 g/mol. The molecular weight excluding hydrogens is 448 g/mol. The maximum atomic E-state index is 14.1. The molecule has 0 aliphatic heterocycles. The first kappa shape index (κ1) is 24.6. The van der Waals surface area contributed by atoms with Crippen LogP contribution in [0, 0.1) is 35.0 Å². The topological polar surface area (TPSA) is 73.9 Å². The summed E-state index contributed by atoms with van der Waals surface area (Å²) < 4.78 is 96.5. The SMILES string of the molecule is COC(=O)[C@H](CC(C)C)N[P@](=O)(Oc1ccccc1)Oc1c(F)c(F)c(F)c(F)c1F. The Morgan fingerprint density at radius 2 is 1.45 bits per heavy atom. The summed E-state index contributed by atoms with van der Waals surface area (Å²) in [5.41, 5.74) is 0. The lowest BCUT2D eigenvalue weighted by Gasteiger charge is -2.25. The number of carbonyl (C=O) groups is 1. The van der Waals surface area contributed by atoms with E-state index < -0.39 is 54.6 Å². The van der Waals surface area contributed by atoms with E-state index in [1.807, 2.05) is 0 Å². The molecule has 6 nitrogen and oxygen atoms in total. The molecule has 0 saturated heterocycles. The number of rotatable bonds is 9. The highest BCUT2D eigenvalue weighted by Crippen LogP contribution is 2.48. The second-order valence-corrected chi connectivity index (χ2v) is 8.34. The van der Waals surface area contributed by atoms with E-state index in [9.17, 15) is 31.3 Å². The van der Waals surface area contributed by atoms with E-state index in [0.29, 0.717) is 0 Å². The molecule has 0 aliphatic carbocycles. The second-order valence-electron chi connectivity index (χ2n) is 6.73. The molecule has 0 radical (unpaired) electrons. The number of carbonyl (C=O) groups excluding carboxylic acids is 1. The third-order valence-electron chi connectivity index (χ3n) is 3.86. The Balaban J connectivity index is 2.53. The van der Waals surface area contributed by atoms with Crippen molar-refractivity contribution in [3.8, 4) is 11.5 Å². The molecule has 31 heavy (non-hydrogen) atoms. The molecule has 0 saturated carbocycles. The first-order valence-electron chi connectivity index (χ1n) is 8.90. The number of hydrogen-bond acceptors (Lipinski definition) is 5. The molecule has 170 valence electrons. The first-order valence-corrected chi connectivity index (χ1v) is 10.4. The molecule has 2 atom stereocenters. The molecule has 0 amide bonds. The third kappa shape index (κ3) is 5.95. The fourth-order valence-corrected chi connectivity index (χ4v) is 4.02. The second kappa shape index (κ2) is 10.1. The zero-order chi connectivity index (χ0) is 23.3. The standard InChI is InChI=1S/C19H19F5NO5P/c1-10(2)9-12(19(26)28-3)25-31(27,29-11-7-5-4-6-8-11)30-18-16(23)14(21)13(20)15(22)17(18)24/h4-8,10,12H,9H2,1-3H3,(H,25,27)/t12-,31-/m0/s1. The Morgan fingerprint density at radius 1 is 0.935 bits per heavy atom. The normalized spacial score (nSPS) is 14.1. The molecule has 0 fully saturated rings. The minimum Gasteiger partial charge on any atom is -0.468 e. The highest BCUT2D eigenvalue weighted by atomic mass is 31.2. The van der Waals surface area contributed by atoms with Crippen LogP contribution in [-0.2, 0) is 14.1 Å². The average Bonchev–Trinajstić information content (AvgIpc) is 2.73. The van der Waals surface area contributed by atoms with Gasteiger partial charge in [-0.15, -0.1) is 0 Å². The van der Waals surface area contributed by atoms with Crippen LogP contribution in [0.3, 0.4) is 0 Å². The maximum Gasteiger partial charge on any atom is 0.513 e. The Morgan fingerprint density at radius 3 is 1.94 bits per heavy atom. The van der Waals surface area contributed by atoms with Crippen molar-refractivity contribution in [2.75, 3.05) is 7.11 Å². The van der Waals surface area contributed by atoms with Gasteiger partial charge < -0.3 is 13.8 Å². The summed E-state index contributed by atoms with van der Waals surface area (Å²) in [4.78, 5) is 12.1. The average molecular weight is 467 g/mol. The molecule has 2 rings (SSSR count). The summed E-state index contributed by atoms with van der Waals surface area (Å²) in [6, 6.07) is 5.75. The van der Waals surface area contributed by atoms with Crippen molar-refractivity contribution in [3.05, 3.63) is 59.4 Å². The van der Waals surface area contributed by atoms with Gasteiger partial charge in [0.05, 0.1) is 7.11 Å². The molecule has 12 heteroatoms. The fraction of sp³-hybridized carbons (Fsp3) is 0.316. The number of esters is 1. The Bertz CT molecular complexity index is 960. The fourth-order valence-electron chi connectivity index (χ4n) is 2.48. The molecule has 0 heterocycles. The zero-order valence-corrected chi connectivity index (χ0v) is 17.5. The van der Waals surface area contributed by atoms with Gasteiger partial charge >= 0.3 is 13.7 Å². The van der Waals surface area contributed by atoms with Crippen LogP contribution in [0.15, 0.2) is 30.3 Å². The molecule has 1 N–H and O–H groups in total. The Kier molecular flexibility index (Phi) is 8.02. The number of ether oxygens (including phenoxy) is 1. The van der Waals surface area contributed by atoms with Crippen LogP contribution >= 0.6 is 7.75 Å². The quantitative estimate of drug-likeness (QED) is 0.181. The molecule has 2 aromatic rings. The van der Waals surface area contributed by atoms with Gasteiger partial charge in [-0.2, -0.15) is 13.9 Å². The first-order chi connectivity index (χ1) is 14.5. The lowest BCUT2D eigenvalue weighted by molar-refractivity contribution is -0.143. The van der Waals surface area contributed by atoms with Gasteiger partial charge in [0.15, 0.2) is 0 Å². The molecular formula is C19H19F5NO5P. The molecule has 0 aliphatic rings. The molecule has 0 bridgehead atoms. The van der Waals surface area contributed by atoms with E-state index in [1.54, 1.807) is 19.9 Å². The van der Waals surface area contributed by atoms with Crippen molar-refractivity contribution in [1.82, 2.24) is 5.09 Å². The van der Waals surface area contributed by atoms with Crippen molar-refractivity contribution >= 4 is 13.7 Å². The van der Waals surface area contributed by atoms with Crippen LogP contribution < -0.4 is 14.1 Å². The van der Waals surface area contributed by atoms with Crippen LogP contribution in [-0.4, -0.2) is 19.1 Å². The third-order valence-corrected chi connectivity index (χ3v) is 5.36. The Labute approximate surface area is 174 Å². The predicted octanol–water partition coefficient (Wildman–Crippen LogP) is 5.13. The number of halogens is 5. The minimum absolute atomic E-state index is 0.0231. The van der Waals surface area contributed by atoms with Gasteiger partial charge in [0.1, 0.15) is 11.8 Å². The van der Waals surface area contributed by atoms with Crippen LogP contribution in [0.25, 0.3) is 0 Å². The van der Waals surface area contributed by atoms with Gasteiger partial charge in [-0.25, -0.2) is 17.7 Å².